The lowest BCUT2D eigenvalue weighted by Gasteiger charge is -2.27. The van der Waals surface area contributed by atoms with E-state index < -0.39 is 30.4 Å². The maximum Gasteiger partial charge on any atom is 0.326 e. The smallest absolute Gasteiger partial charge is 0.326 e. The summed E-state index contributed by atoms with van der Waals surface area (Å²) in [6.07, 6.45) is -0.433. The van der Waals surface area contributed by atoms with E-state index in [0.29, 0.717) is 6.54 Å². The molecule has 19 heavy (non-hydrogen) atoms. The Bertz CT molecular complexity index is 349. The number of amides is 3. The second-order valence-electron chi connectivity index (χ2n) is 5.68. The number of urea groups is 1. The molecule has 0 rings (SSSR count). The largest absolute Gasteiger partial charge is 0.480 e. The van der Waals surface area contributed by atoms with E-state index in [1.807, 2.05) is 27.7 Å². The molecule has 0 aliphatic carbocycles. The highest BCUT2D eigenvalue weighted by molar-refractivity contribution is 5.87. The van der Waals surface area contributed by atoms with E-state index in [1.54, 1.807) is 0 Å². The fraction of sp³-hybridized carbons (Fsp3) is 0.750. The molecule has 3 amide bonds. The molecule has 0 spiro atoms. The zero-order chi connectivity index (χ0) is 15.2. The van der Waals surface area contributed by atoms with Gasteiger partial charge >= 0.3 is 12.0 Å². The van der Waals surface area contributed by atoms with Crippen molar-refractivity contribution >= 4 is 17.9 Å². The van der Waals surface area contributed by atoms with E-state index >= 15 is 0 Å². The molecule has 7 heteroatoms. The molecule has 0 fully saturated rings. The summed E-state index contributed by atoms with van der Waals surface area (Å²) >= 11 is 0. The molecule has 0 aliphatic heterocycles. The molecule has 0 aromatic carbocycles. The number of carboxylic acid groups (broad SMARTS) is 1. The van der Waals surface area contributed by atoms with Crippen LogP contribution in [0, 0.1) is 11.3 Å². The summed E-state index contributed by atoms with van der Waals surface area (Å²) in [6.45, 7) is 8.54. The van der Waals surface area contributed by atoms with Crippen LogP contribution in [0.3, 0.4) is 0 Å². The van der Waals surface area contributed by atoms with Crippen LogP contribution in [0.15, 0.2) is 0 Å². The Labute approximate surface area is 112 Å². The van der Waals surface area contributed by atoms with Crippen molar-refractivity contribution in [3.8, 4) is 0 Å². The number of primary amides is 1. The predicted octanol–water partition coefficient (Wildman–Crippen LogP) is 0.296. The van der Waals surface area contributed by atoms with Gasteiger partial charge in [-0.15, -0.1) is 0 Å². The van der Waals surface area contributed by atoms with Gasteiger partial charge in [0.15, 0.2) is 0 Å². The number of carbonyl (C=O) groups is 3. The summed E-state index contributed by atoms with van der Waals surface area (Å²) in [4.78, 5) is 33.0. The van der Waals surface area contributed by atoms with Crippen LogP contribution >= 0.6 is 0 Å². The van der Waals surface area contributed by atoms with E-state index in [0.717, 1.165) is 0 Å². The first-order valence-electron chi connectivity index (χ1n) is 6.09. The van der Waals surface area contributed by atoms with E-state index in [2.05, 4.69) is 10.6 Å². The molecule has 0 radical (unpaired) electrons. The van der Waals surface area contributed by atoms with Crippen LogP contribution in [-0.2, 0) is 9.59 Å². The summed E-state index contributed by atoms with van der Waals surface area (Å²) in [5, 5.41) is 13.6. The Morgan fingerprint density at radius 3 is 2.16 bits per heavy atom. The normalized spacial score (nSPS) is 14.3. The molecule has 7 nitrogen and oxygen atoms in total. The highest BCUT2D eigenvalue weighted by Gasteiger charge is 2.24. The predicted molar refractivity (Wildman–Crippen MR) is 70.4 cm³/mol. The van der Waals surface area contributed by atoms with Crippen LogP contribution < -0.4 is 16.4 Å². The second-order valence-corrected chi connectivity index (χ2v) is 5.68. The van der Waals surface area contributed by atoms with E-state index in [1.165, 1.54) is 0 Å². The van der Waals surface area contributed by atoms with Crippen molar-refractivity contribution in [1.29, 1.82) is 0 Å². The molecule has 0 saturated carbocycles. The molecule has 0 aromatic rings. The molecule has 0 aromatic heterocycles. The van der Waals surface area contributed by atoms with Gasteiger partial charge in [0.1, 0.15) is 6.04 Å². The summed E-state index contributed by atoms with van der Waals surface area (Å²) in [6, 6.07) is -1.92. The van der Waals surface area contributed by atoms with Crippen molar-refractivity contribution in [2.24, 2.45) is 17.1 Å². The number of aliphatic carboxylic acids is 1. The summed E-state index contributed by atoms with van der Waals surface area (Å²) in [7, 11) is 0. The quantitative estimate of drug-likeness (QED) is 0.556. The lowest BCUT2D eigenvalue weighted by Crippen LogP contribution is -2.49. The van der Waals surface area contributed by atoms with Gasteiger partial charge in [-0.05, 0) is 11.3 Å². The topological polar surface area (TPSA) is 122 Å². The van der Waals surface area contributed by atoms with Gasteiger partial charge in [0, 0.05) is 6.54 Å². The first-order valence-corrected chi connectivity index (χ1v) is 6.09. The molecule has 2 atom stereocenters. The third-order valence-corrected chi connectivity index (χ3v) is 3.06. The molecule has 110 valence electrons. The molecular formula is C12H23N3O4. The lowest BCUT2D eigenvalue weighted by molar-refractivity contribution is -0.140. The maximum atomic E-state index is 11.5. The van der Waals surface area contributed by atoms with Crippen molar-refractivity contribution in [3.63, 3.8) is 0 Å². The second kappa shape index (κ2) is 6.96. The van der Waals surface area contributed by atoms with Crippen LogP contribution in [0.2, 0.25) is 0 Å². The van der Waals surface area contributed by atoms with Gasteiger partial charge in [0.25, 0.3) is 0 Å². The molecule has 0 bridgehead atoms. The molecule has 1 unspecified atom stereocenters. The summed E-state index contributed by atoms with van der Waals surface area (Å²) < 4.78 is 0. The zero-order valence-electron chi connectivity index (χ0n) is 11.8. The number of rotatable bonds is 6. The van der Waals surface area contributed by atoms with Crippen LogP contribution in [0.1, 0.15) is 34.1 Å². The molecule has 5 N–H and O–H groups in total. The van der Waals surface area contributed by atoms with E-state index in [-0.39, 0.29) is 11.3 Å². The van der Waals surface area contributed by atoms with Crippen LogP contribution in [0.4, 0.5) is 4.79 Å². The fourth-order valence-electron chi connectivity index (χ4n) is 1.16. The van der Waals surface area contributed by atoms with E-state index in [9.17, 15) is 14.4 Å². The number of nitrogens with two attached hydrogens (primary N) is 1. The minimum atomic E-state index is -1.30. The Morgan fingerprint density at radius 1 is 1.26 bits per heavy atom. The van der Waals surface area contributed by atoms with E-state index in [4.69, 9.17) is 10.8 Å². The Balaban J connectivity index is 4.28. The van der Waals surface area contributed by atoms with Gasteiger partial charge < -0.3 is 21.5 Å². The third kappa shape index (κ3) is 7.28. The lowest BCUT2D eigenvalue weighted by atomic mass is 9.82. The number of carboxylic acids is 1. The minimum absolute atomic E-state index is 0.0344. The number of hydrogen-bond donors (Lipinski definition) is 4. The van der Waals surface area contributed by atoms with Crippen molar-refractivity contribution in [1.82, 2.24) is 10.6 Å². The van der Waals surface area contributed by atoms with Gasteiger partial charge in [-0.3, -0.25) is 4.79 Å². The van der Waals surface area contributed by atoms with Gasteiger partial charge in [0.05, 0.1) is 6.42 Å². The highest BCUT2D eigenvalue weighted by Crippen LogP contribution is 2.24. The SMILES string of the molecule is CC(CNC(=O)N[C@H](CC(N)=O)C(=O)O)C(C)(C)C. The van der Waals surface area contributed by atoms with Crippen LogP contribution in [-0.4, -0.2) is 35.6 Å². The maximum absolute atomic E-state index is 11.5. The minimum Gasteiger partial charge on any atom is -0.480 e. The van der Waals surface area contributed by atoms with Gasteiger partial charge in [-0.25, -0.2) is 9.59 Å². The van der Waals surface area contributed by atoms with Crippen LogP contribution in [0.25, 0.3) is 0 Å². The zero-order valence-corrected chi connectivity index (χ0v) is 11.8. The number of nitrogens with one attached hydrogen (secondary N) is 2. The van der Waals surface area contributed by atoms with Crippen molar-refractivity contribution in [3.05, 3.63) is 0 Å². The molecule has 0 saturated heterocycles. The van der Waals surface area contributed by atoms with Gasteiger partial charge in [0.2, 0.25) is 5.91 Å². The average molecular weight is 273 g/mol. The molecule has 0 aliphatic rings. The molecular weight excluding hydrogens is 250 g/mol. The number of hydrogen-bond acceptors (Lipinski definition) is 3. The Morgan fingerprint density at radius 2 is 1.79 bits per heavy atom. The van der Waals surface area contributed by atoms with Crippen molar-refractivity contribution in [2.45, 2.75) is 40.2 Å². The van der Waals surface area contributed by atoms with Crippen molar-refractivity contribution in [2.75, 3.05) is 6.54 Å². The van der Waals surface area contributed by atoms with Crippen molar-refractivity contribution < 1.29 is 19.5 Å². The van der Waals surface area contributed by atoms with Crippen LogP contribution in [0.5, 0.6) is 0 Å². The number of carbonyl (C=O) groups excluding carboxylic acids is 2. The standard InChI is InChI=1S/C12H23N3O4/c1-7(12(2,3)4)6-14-11(19)15-8(10(17)18)5-9(13)16/h7-8H,5-6H2,1-4H3,(H2,13,16)(H,17,18)(H2,14,15,19)/t7?,8-/m1/s1. The first kappa shape index (κ1) is 17.2. The average Bonchev–Trinajstić information content (AvgIpc) is 2.22. The summed E-state index contributed by atoms with van der Waals surface area (Å²) in [5.74, 6) is -1.86. The Kier molecular flexibility index (Phi) is 6.31. The third-order valence-electron chi connectivity index (χ3n) is 3.06. The first-order chi connectivity index (χ1) is 8.54. The Hall–Kier alpha value is -1.79. The molecule has 0 heterocycles. The monoisotopic (exact) mass is 273 g/mol. The fourth-order valence-corrected chi connectivity index (χ4v) is 1.16. The van der Waals surface area contributed by atoms with Gasteiger partial charge in [-0.2, -0.15) is 0 Å². The highest BCUT2D eigenvalue weighted by atomic mass is 16.4. The van der Waals surface area contributed by atoms with Gasteiger partial charge in [-0.1, -0.05) is 27.7 Å². The summed E-state index contributed by atoms with van der Waals surface area (Å²) in [5.41, 5.74) is 4.95.